The van der Waals surface area contributed by atoms with Crippen molar-refractivity contribution < 1.29 is 9.53 Å². The fraction of sp³-hybridized carbons (Fsp3) is 0.0588. The normalized spacial score (nSPS) is 11.6. The molecule has 2 aromatic carbocycles. The second-order valence-electron chi connectivity index (χ2n) is 4.68. The van der Waals surface area contributed by atoms with E-state index in [1.54, 1.807) is 13.2 Å². The van der Waals surface area contributed by atoms with E-state index in [9.17, 15) is 4.79 Å². The summed E-state index contributed by atoms with van der Waals surface area (Å²) in [4.78, 5) is 16.3. The summed E-state index contributed by atoms with van der Waals surface area (Å²) in [5.74, 6) is 0.271. The first-order valence-electron chi connectivity index (χ1n) is 6.69. The van der Waals surface area contributed by atoms with Crippen LogP contribution in [0.2, 0.25) is 0 Å². The highest BCUT2D eigenvalue weighted by Gasteiger charge is 2.13. The Balaban J connectivity index is 2.04. The SMILES string of the molecule is COc1ccc(C=C(C(N)=O)c2nc3ccccc3s2)cc1. The molecular formula is C17H14N2O2S. The fourth-order valence-electron chi connectivity index (χ4n) is 2.09. The third-order valence-corrected chi connectivity index (χ3v) is 4.29. The molecule has 0 spiro atoms. The Morgan fingerprint density at radius 1 is 1.18 bits per heavy atom. The van der Waals surface area contributed by atoms with E-state index in [0.717, 1.165) is 21.5 Å². The Labute approximate surface area is 131 Å². The first kappa shape index (κ1) is 14.3. The lowest BCUT2D eigenvalue weighted by molar-refractivity contribution is -0.112. The van der Waals surface area contributed by atoms with Gasteiger partial charge >= 0.3 is 0 Å². The summed E-state index contributed by atoms with van der Waals surface area (Å²) >= 11 is 1.46. The van der Waals surface area contributed by atoms with Crippen molar-refractivity contribution in [1.82, 2.24) is 4.98 Å². The second-order valence-corrected chi connectivity index (χ2v) is 5.71. The number of primary amides is 1. The van der Waals surface area contributed by atoms with Gasteiger partial charge in [-0.1, -0.05) is 24.3 Å². The number of methoxy groups -OCH3 is 1. The zero-order valence-corrected chi connectivity index (χ0v) is 12.8. The number of nitrogens with two attached hydrogens (primary N) is 1. The lowest BCUT2D eigenvalue weighted by Gasteiger charge is -2.02. The number of hydrogen-bond donors (Lipinski definition) is 1. The van der Waals surface area contributed by atoms with Crippen molar-refractivity contribution in [3.63, 3.8) is 0 Å². The Hall–Kier alpha value is -2.66. The van der Waals surface area contributed by atoms with Crippen molar-refractivity contribution in [2.75, 3.05) is 7.11 Å². The largest absolute Gasteiger partial charge is 0.497 e. The van der Waals surface area contributed by atoms with Crippen molar-refractivity contribution in [1.29, 1.82) is 0 Å². The quantitative estimate of drug-likeness (QED) is 0.752. The average Bonchev–Trinajstić information content (AvgIpc) is 2.96. The smallest absolute Gasteiger partial charge is 0.251 e. The molecule has 3 rings (SSSR count). The van der Waals surface area contributed by atoms with Gasteiger partial charge in [-0.3, -0.25) is 4.79 Å². The van der Waals surface area contributed by atoms with Crippen LogP contribution >= 0.6 is 11.3 Å². The van der Waals surface area contributed by atoms with Crippen LogP contribution in [0.1, 0.15) is 10.6 Å². The van der Waals surface area contributed by atoms with Crippen LogP contribution < -0.4 is 10.5 Å². The van der Waals surface area contributed by atoms with Crippen molar-refractivity contribution >= 4 is 39.1 Å². The highest BCUT2D eigenvalue weighted by atomic mass is 32.1. The van der Waals surface area contributed by atoms with Crippen LogP contribution in [0, 0.1) is 0 Å². The van der Waals surface area contributed by atoms with Crippen LogP contribution in [0.15, 0.2) is 48.5 Å². The highest BCUT2D eigenvalue weighted by molar-refractivity contribution is 7.19. The number of rotatable bonds is 4. The zero-order valence-electron chi connectivity index (χ0n) is 11.9. The van der Waals surface area contributed by atoms with Gasteiger partial charge in [-0.2, -0.15) is 0 Å². The van der Waals surface area contributed by atoms with Gasteiger partial charge in [0.1, 0.15) is 10.8 Å². The molecule has 5 heteroatoms. The summed E-state index contributed by atoms with van der Waals surface area (Å²) in [6.07, 6.45) is 1.75. The number of ether oxygens (including phenoxy) is 1. The number of carbonyl (C=O) groups excluding carboxylic acids is 1. The van der Waals surface area contributed by atoms with Gasteiger partial charge in [0.25, 0.3) is 5.91 Å². The van der Waals surface area contributed by atoms with Crippen molar-refractivity contribution in [2.24, 2.45) is 5.73 Å². The molecule has 1 heterocycles. The minimum atomic E-state index is -0.491. The molecule has 0 aliphatic rings. The van der Waals surface area contributed by atoms with Gasteiger partial charge in [0.05, 0.1) is 22.9 Å². The van der Waals surface area contributed by atoms with Gasteiger partial charge in [0.15, 0.2) is 0 Å². The van der Waals surface area contributed by atoms with Crippen molar-refractivity contribution in [2.45, 2.75) is 0 Å². The predicted molar refractivity (Wildman–Crippen MR) is 89.7 cm³/mol. The van der Waals surface area contributed by atoms with E-state index in [1.807, 2.05) is 48.5 Å². The van der Waals surface area contributed by atoms with Crippen LogP contribution in [0.3, 0.4) is 0 Å². The van der Waals surface area contributed by atoms with Gasteiger partial charge in [-0.05, 0) is 35.9 Å². The van der Waals surface area contributed by atoms with E-state index in [-0.39, 0.29) is 0 Å². The number of benzene rings is 2. The summed E-state index contributed by atoms with van der Waals surface area (Å²) < 4.78 is 6.15. The second kappa shape index (κ2) is 5.99. The first-order valence-corrected chi connectivity index (χ1v) is 7.50. The lowest BCUT2D eigenvalue weighted by atomic mass is 10.1. The van der Waals surface area contributed by atoms with Crippen LogP contribution in [-0.2, 0) is 4.79 Å². The molecule has 0 saturated carbocycles. The molecule has 110 valence electrons. The van der Waals surface area contributed by atoms with Crippen LogP contribution in [0.25, 0.3) is 21.9 Å². The van der Waals surface area contributed by atoms with Gasteiger partial charge in [0, 0.05) is 0 Å². The number of para-hydroxylation sites is 1. The van der Waals surface area contributed by atoms with Crippen LogP contribution in [0.4, 0.5) is 0 Å². The minimum absolute atomic E-state index is 0.409. The Morgan fingerprint density at radius 2 is 1.91 bits per heavy atom. The molecule has 3 aromatic rings. The fourth-order valence-corrected chi connectivity index (χ4v) is 3.08. The summed E-state index contributed by atoms with van der Waals surface area (Å²) in [5.41, 5.74) is 7.67. The van der Waals surface area contributed by atoms with E-state index in [2.05, 4.69) is 4.98 Å². The predicted octanol–water partition coefficient (Wildman–Crippen LogP) is 3.33. The van der Waals surface area contributed by atoms with Crippen molar-refractivity contribution in [3.05, 3.63) is 59.1 Å². The average molecular weight is 310 g/mol. The molecule has 2 N–H and O–H groups in total. The van der Waals surface area contributed by atoms with Crippen molar-refractivity contribution in [3.8, 4) is 5.75 Å². The summed E-state index contributed by atoms with van der Waals surface area (Å²) in [6, 6.07) is 15.2. The number of thiazole rings is 1. The number of aromatic nitrogens is 1. The minimum Gasteiger partial charge on any atom is -0.497 e. The monoisotopic (exact) mass is 310 g/mol. The third kappa shape index (κ3) is 2.84. The number of hydrogen-bond acceptors (Lipinski definition) is 4. The van der Waals surface area contributed by atoms with E-state index in [0.29, 0.717) is 10.6 Å². The third-order valence-electron chi connectivity index (χ3n) is 3.22. The van der Waals surface area contributed by atoms with Gasteiger partial charge < -0.3 is 10.5 Å². The molecule has 4 nitrogen and oxygen atoms in total. The van der Waals surface area contributed by atoms with E-state index >= 15 is 0 Å². The number of nitrogens with zero attached hydrogens (tertiary/aromatic N) is 1. The van der Waals surface area contributed by atoms with E-state index < -0.39 is 5.91 Å². The van der Waals surface area contributed by atoms with Crippen LogP contribution in [0.5, 0.6) is 5.75 Å². The molecule has 0 saturated heterocycles. The molecule has 0 aliphatic heterocycles. The molecule has 0 aliphatic carbocycles. The van der Waals surface area contributed by atoms with Gasteiger partial charge in [0.2, 0.25) is 0 Å². The van der Waals surface area contributed by atoms with E-state index in [4.69, 9.17) is 10.5 Å². The molecule has 0 unspecified atom stereocenters. The standard InChI is InChI=1S/C17H14N2O2S/c1-21-12-8-6-11(7-9-12)10-13(16(18)20)17-19-14-4-2-3-5-15(14)22-17/h2-10H,1H3,(H2,18,20). The maximum Gasteiger partial charge on any atom is 0.251 e. The molecule has 0 radical (unpaired) electrons. The molecule has 1 amide bonds. The van der Waals surface area contributed by atoms with Gasteiger partial charge in [-0.15, -0.1) is 11.3 Å². The lowest BCUT2D eigenvalue weighted by Crippen LogP contribution is -2.12. The molecular weight excluding hydrogens is 296 g/mol. The number of carbonyl (C=O) groups is 1. The maximum atomic E-state index is 11.8. The summed E-state index contributed by atoms with van der Waals surface area (Å²) in [6.45, 7) is 0. The zero-order chi connectivity index (χ0) is 15.5. The molecule has 1 aromatic heterocycles. The Kier molecular flexibility index (Phi) is 3.89. The number of amides is 1. The first-order chi connectivity index (χ1) is 10.7. The van der Waals surface area contributed by atoms with Gasteiger partial charge in [-0.25, -0.2) is 4.98 Å². The maximum absolute atomic E-state index is 11.8. The molecule has 0 bridgehead atoms. The molecule has 0 fully saturated rings. The molecule has 0 atom stereocenters. The molecule has 22 heavy (non-hydrogen) atoms. The van der Waals surface area contributed by atoms with Crippen LogP contribution in [-0.4, -0.2) is 18.0 Å². The Bertz CT molecular complexity index is 817. The highest BCUT2D eigenvalue weighted by Crippen LogP contribution is 2.28. The number of fused-ring (bicyclic) bond motifs is 1. The summed E-state index contributed by atoms with van der Waals surface area (Å²) in [5, 5.41) is 0.629. The Morgan fingerprint density at radius 3 is 2.55 bits per heavy atom. The van der Waals surface area contributed by atoms with E-state index in [1.165, 1.54) is 11.3 Å². The topological polar surface area (TPSA) is 65.2 Å². The summed E-state index contributed by atoms with van der Waals surface area (Å²) in [7, 11) is 1.61.